The van der Waals surface area contributed by atoms with Crippen LogP contribution in [0.3, 0.4) is 0 Å². The first-order valence-corrected chi connectivity index (χ1v) is 11.0. The number of nitrogens with zero attached hydrogens (tertiary/aromatic N) is 3. The van der Waals surface area contributed by atoms with E-state index in [2.05, 4.69) is 19.1 Å². The molecule has 3 aromatic rings. The summed E-state index contributed by atoms with van der Waals surface area (Å²) in [7, 11) is 0. The second kappa shape index (κ2) is 9.24. The number of hydrogen-bond acceptors (Lipinski definition) is 3. The average molecular weight is 404 g/mol. The van der Waals surface area contributed by atoms with E-state index in [1.165, 1.54) is 32.1 Å². The highest BCUT2D eigenvalue weighted by Crippen LogP contribution is 2.27. The predicted octanol–water partition coefficient (Wildman–Crippen LogP) is 5.38. The third-order valence-corrected chi connectivity index (χ3v) is 6.07. The lowest BCUT2D eigenvalue weighted by Gasteiger charge is -2.19. The Hall–Kier alpha value is -2.95. The molecule has 30 heavy (non-hydrogen) atoms. The SMILES string of the molecule is CCn1nc(CC2CCCCC2)nc1Cc1ccc(-c2ccccc2C(=O)O)cc1. The van der Waals surface area contributed by atoms with Crippen molar-refractivity contribution in [1.82, 2.24) is 14.8 Å². The van der Waals surface area contributed by atoms with Gasteiger partial charge in [-0.05, 0) is 35.6 Å². The van der Waals surface area contributed by atoms with Gasteiger partial charge in [0.15, 0.2) is 5.82 Å². The van der Waals surface area contributed by atoms with E-state index in [1.807, 2.05) is 28.9 Å². The summed E-state index contributed by atoms with van der Waals surface area (Å²) in [5.74, 6) is 1.80. The third-order valence-electron chi connectivity index (χ3n) is 6.07. The van der Waals surface area contributed by atoms with Gasteiger partial charge in [0, 0.05) is 19.4 Å². The number of aromatic carboxylic acids is 1. The smallest absolute Gasteiger partial charge is 0.336 e. The highest BCUT2D eigenvalue weighted by atomic mass is 16.4. The largest absolute Gasteiger partial charge is 0.478 e. The molecule has 1 heterocycles. The number of carboxylic acids is 1. The van der Waals surface area contributed by atoms with E-state index in [0.717, 1.165) is 53.6 Å². The standard InChI is InChI=1S/C25H29N3O2/c1-2-28-24(26-23(27-28)16-18-8-4-3-5-9-18)17-19-12-14-20(15-13-19)21-10-6-7-11-22(21)25(29)30/h6-7,10-15,18H,2-5,8-9,16-17H2,1H3,(H,29,30). The van der Waals surface area contributed by atoms with Crippen LogP contribution in [0.15, 0.2) is 48.5 Å². The van der Waals surface area contributed by atoms with Gasteiger partial charge in [0.1, 0.15) is 5.82 Å². The van der Waals surface area contributed by atoms with E-state index in [0.29, 0.717) is 5.56 Å². The first-order chi connectivity index (χ1) is 14.6. The number of carbonyl (C=O) groups is 1. The topological polar surface area (TPSA) is 68.0 Å². The summed E-state index contributed by atoms with van der Waals surface area (Å²) in [4.78, 5) is 16.4. The zero-order valence-electron chi connectivity index (χ0n) is 17.6. The molecule has 5 heteroatoms. The van der Waals surface area contributed by atoms with Crippen LogP contribution in [0, 0.1) is 5.92 Å². The van der Waals surface area contributed by atoms with Crippen molar-refractivity contribution < 1.29 is 9.90 Å². The molecule has 0 amide bonds. The summed E-state index contributed by atoms with van der Waals surface area (Å²) >= 11 is 0. The Morgan fingerprint density at radius 3 is 2.50 bits per heavy atom. The molecule has 0 bridgehead atoms. The van der Waals surface area contributed by atoms with Gasteiger partial charge in [-0.1, -0.05) is 74.6 Å². The van der Waals surface area contributed by atoms with E-state index in [9.17, 15) is 9.90 Å². The van der Waals surface area contributed by atoms with Crippen molar-refractivity contribution in [3.05, 3.63) is 71.3 Å². The maximum atomic E-state index is 11.5. The molecule has 1 fully saturated rings. The summed E-state index contributed by atoms with van der Waals surface area (Å²) in [6, 6.07) is 15.2. The first-order valence-electron chi connectivity index (χ1n) is 11.0. The fourth-order valence-corrected chi connectivity index (χ4v) is 4.45. The molecule has 0 aliphatic heterocycles. The van der Waals surface area contributed by atoms with Crippen LogP contribution in [0.5, 0.6) is 0 Å². The number of rotatable bonds is 7. The molecule has 0 unspecified atom stereocenters. The molecule has 156 valence electrons. The lowest BCUT2D eigenvalue weighted by molar-refractivity contribution is 0.0697. The zero-order chi connectivity index (χ0) is 20.9. The van der Waals surface area contributed by atoms with Gasteiger partial charge in [-0.3, -0.25) is 0 Å². The van der Waals surface area contributed by atoms with E-state index in [-0.39, 0.29) is 0 Å². The fourth-order valence-electron chi connectivity index (χ4n) is 4.45. The molecule has 1 aromatic heterocycles. The van der Waals surface area contributed by atoms with Gasteiger partial charge in [-0.15, -0.1) is 0 Å². The summed E-state index contributed by atoms with van der Waals surface area (Å²) in [6.07, 6.45) is 8.36. The van der Waals surface area contributed by atoms with E-state index < -0.39 is 5.97 Å². The average Bonchev–Trinajstić information content (AvgIpc) is 3.16. The van der Waals surface area contributed by atoms with Crippen molar-refractivity contribution >= 4 is 5.97 Å². The van der Waals surface area contributed by atoms with Crippen molar-refractivity contribution in [1.29, 1.82) is 0 Å². The van der Waals surface area contributed by atoms with E-state index in [4.69, 9.17) is 10.1 Å². The zero-order valence-corrected chi connectivity index (χ0v) is 17.6. The molecule has 1 aliphatic rings. The Balaban J connectivity index is 1.50. The van der Waals surface area contributed by atoms with Crippen LogP contribution < -0.4 is 0 Å². The van der Waals surface area contributed by atoms with Gasteiger partial charge < -0.3 is 5.11 Å². The van der Waals surface area contributed by atoms with Crippen molar-refractivity contribution in [2.75, 3.05) is 0 Å². The summed E-state index contributed by atoms with van der Waals surface area (Å²) in [6.45, 7) is 2.92. The van der Waals surface area contributed by atoms with E-state index >= 15 is 0 Å². The molecule has 1 N–H and O–H groups in total. The van der Waals surface area contributed by atoms with Crippen LogP contribution in [0.1, 0.15) is 66.6 Å². The Bertz CT molecular complexity index is 1000. The molecule has 0 atom stereocenters. The van der Waals surface area contributed by atoms with Gasteiger partial charge in [0.25, 0.3) is 0 Å². The second-order valence-corrected chi connectivity index (χ2v) is 8.19. The van der Waals surface area contributed by atoms with E-state index in [1.54, 1.807) is 12.1 Å². The quantitative estimate of drug-likeness (QED) is 0.575. The molecule has 5 nitrogen and oxygen atoms in total. The van der Waals surface area contributed by atoms with Gasteiger partial charge in [0.05, 0.1) is 5.56 Å². The predicted molar refractivity (Wildman–Crippen MR) is 118 cm³/mol. The fraction of sp³-hybridized carbons (Fsp3) is 0.400. The van der Waals surface area contributed by atoms with Crippen LogP contribution in [0.25, 0.3) is 11.1 Å². The van der Waals surface area contributed by atoms with Crippen molar-refractivity contribution in [2.45, 2.75) is 58.4 Å². The van der Waals surface area contributed by atoms with Gasteiger partial charge in [-0.2, -0.15) is 5.10 Å². The van der Waals surface area contributed by atoms with Crippen molar-refractivity contribution in [3.8, 4) is 11.1 Å². The van der Waals surface area contributed by atoms with Crippen molar-refractivity contribution in [2.24, 2.45) is 5.92 Å². The number of benzene rings is 2. The van der Waals surface area contributed by atoms with Crippen LogP contribution in [0.4, 0.5) is 0 Å². The molecule has 1 aliphatic carbocycles. The van der Waals surface area contributed by atoms with Gasteiger partial charge in [0.2, 0.25) is 0 Å². The monoisotopic (exact) mass is 403 g/mol. The normalized spacial score (nSPS) is 14.7. The Morgan fingerprint density at radius 1 is 1.07 bits per heavy atom. The molecular weight excluding hydrogens is 374 g/mol. The summed E-state index contributed by atoms with van der Waals surface area (Å²) in [5.41, 5.74) is 3.12. The molecule has 0 saturated heterocycles. The molecule has 0 radical (unpaired) electrons. The lowest BCUT2D eigenvalue weighted by Crippen LogP contribution is -2.10. The molecule has 0 spiro atoms. The molecular formula is C25H29N3O2. The lowest BCUT2D eigenvalue weighted by atomic mass is 9.87. The minimum atomic E-state index is -0.906. The number of carboxylic acid groups (broad SMARTS) is 1. The number of aromatic nitrogens is 3. The van der Waals surface area contributed by atoms with Crippen LogP contribution >= 0.6 is 0 Å². The van der Waals surface area contributed by atoms with Gasteiger partial charge >= 0.3 is 5.97 Å². The van der Waals surface area contributed by atoms with Crippen LogP contribution in [-0.4, -0.2) is 25.8 Å². The minimum Gasteiger partial charge on any atom is -0.478 e. The highest BCUT2D eigenvalue weighted by Gasteiger charge is 2.18. The molecule has 2 aromatic carbocycles. The summed E-state index contributed by atoms with van der Waals surface area (Å²) in [5, 5.41) is 14.2. The minimum absolute atomic E-state index is 0.323. The van der Waals surface area contributed by atoms with Gasteiger partial charge in [-0.25, -0.2) is 14.5 Å². The Labute approximate surface area is 177 Å². The number of hydrogen-bond donors (Lipinski definition) is 1. The highest BCUT2D eigenvalue weighted by molar-refractivity contribution is 5.95. The molecule has 4 rings (SSSR count). The Morgan fingerprint density at radius 2 is 1.80 bits per heavy atom. The number of aryl methyl sites for hydroxylation is 1. The second-order valence-electron chi connectivity index (χ2n) is 8.19. The third kappa shape index (κ3) is 4.61. The van der Waals surface area contributed by atoms with Crippen LogP contribution in [0.2, 0.25) is 0 Å². The van der Waals surface area contributed by atoms with Crippen molar-refractivity contribution in [3.63, 3.8) is 0 Å². The Kier molecular flexibility index (Phi) is 6.26. The van der Waals surface area contributed by atoms with Crippen LogP contribution in [-0.2, 0) is 19.4 Å². The molecule has 1 saturated carbocycles. The maximum absolute atomic E-state index is 11.5. The maximum Gasteiger partial charge on any atom is 0.336 e. The first kappa shape index (κ1) is 20.3. The summed E-state index contributed by atoms with van der Waals surface area (Å²) < 4.78 is 2.02.